The quantitative estimate of drug-likeness (QED) is 0.523. The Balaban J connectivity index is 1.97. The number of hydrogen-bond acceptors (Lipinski definition) is 4. The molecule has 0 aromatic heterocycles. The summed E-state index contributed by atoms with van der Waals surface area (Å²) in [7, 11) is 0. The molecular weight excluding hydrogens is 206 g/mol. The molecule has 1 atom stereocenters. The molecule has 1 unspecified atom stereocenters. The Labute approximate surface area is 97.6 Å². The van der Waals surface area contributed by atoms with Gasteiger partial charge in [0, 0.05) is 19.6 Å². The van der Waals surface area contributed by atoms with Crippen molar-refractivity contribution in [2.24, 2.45) is 5.92 Å². The first kappa shape index (κ1) is 13.5. The van der Waals surface area contributed by atoms with Gasteiger partial charge in [-0.05, 0) is 45.2 Å². The third-order valence-electron chi connectivity index (χ3n) is 3.04. The summed E-state index contributed by atoms with van der Waals surface area (Å²) in [5.74, 6) is 0.377. The number of unbranched alkanes of at least 4 members (excludes halogenated alkanes) is 1. The van der Waals surface area contributed by atoms with Crippen LogP contribution in [0.2, 0.25) is 0 Å². The summed E-state index contributed by atoms with van der Waals surface area (Å²) in [6.45, 7) is 5.75. The molecule has 0 radical (unpaired) electrons. The normalized spacial score (nSPS) is 21.2. The predicted octanol–water partition coefficient (Wildman–Crippen LogP) is 1.03. The van der Waals surface area contributed by atoms with Gasteiger partial charge in [0.25, 0.3) is 0 Å². The maximum Gasteiger partial charge on any atom is 0.305 e. The molecule has 0 aromatic carbocycles. The maximum atomic E-state index is 11.1. The number of aliphatic hydroxyl groups excluding tert-OH is 1. The van der Waals surface area contributed by atoms with Crippen molar-refractivity contribution >= 4 is 5.97 Å². The lowest BCUT2D eigenvalue weighted by atomic mass is 10.1. The van der Waals surface area contributed by atoms with E-state index in [-0.39, 0.29) is 5.97 Å². The topological polar surface area (TPSA) is 49.8 Å². The van der Waals surface area contributed by atoms with Crippen LogP contribution in [0.1, 0.15) is 32.6 Å². The molecule has 1 fully saturated rings. The molecule has 1 aliphatic heterocycles. The minimum absolute atomic E-state index is 0.0860. The minimum atomic E-state index is -0.0860. The molecule has 1 rings (SSSR count). The molecule has 4 heteroatoms. The number of rotatable bonds is 7. The highest BCUT2D eigenvalue weighted by atomic mass is 16.5. The summed E-state index contributed by atoms with van der Waals surface area (Å²) in [5, 5.41) is 9.00. The average molecular weight is 229 g/mol. The number of hydrogen-bond donors (Lipinski definition) is 1. The van der Waals surface area contributed by atoms with Crippen molar-refractivity contribution in [2.45, 2.75) is 32.6 Å². The predicted molar refractivity (Wildman–Crippen MR) is 62.1 cm³/mol. The fourth-order valence-electron chi connectivity index (χ4n) is 2.10. The number of aliphatic hydroxyl groups is 1. The van der Waals surface area contributed by atoms with Crippen LogP contribution in [0.3, 0.4) is 0 Å². The number of carbonyl (C=O) groups excluding carboxylic acids is 1. The zero-order valence-electron chi connectivity index (χ0n) is 10.2. The molecule has 0 spiro atoms. The lowest BCUT2D eigenvalue weighted by Gasteiger charge is -2.14. The van der Waals surface area contributed by atoms with Crippen LogP contribution in [0, 0.1) is 5.92 Å². The van der Waals surface area contributed by atoms with E-state index in [9.17, 15) is 4.79 Å². The molecular formula is C12H23NO3. The van der Waals surface area contributed by atoms with Gasteiger partial charge in [-0.2, -0.15) is 0 Å². The Morgan fingerprint density at radius 1 is 1.50 bits per heavy atom. The fraction of sp³-hybridized carbons (Fsp3) is 0.917. The van der Waals surface area contributed by atoms with Gasteiger partial charge in [0.2, 0.25) is 0 Å². The van der Waals surface area contributed by atoms with Gasteiger partial charge in [-0.15, -0.1) is 0 Å². The van der Waals surface area contributed by atoms with E-state index in [1.165, 1.54) is 0 Å². The highest BCUT2D eigenvalue weighted by Gasteiger charge is 2.20. The van der Waals surface area contributed by atoms with Crippen LogP contribution in [0.15, 0.2) is 0 Å². The van der Waals surface area contributed by atoms with Gasteiger partial charge in [-0.3, -0.25) is 4.79 Å². The van der Waals surface area contributed by atoms with Crippen LogP contribution >= 0.6 is 0 Å². The molecule has 94 valence electrons. The Kier molecular flexibility index (Phi) is 6.42. The SMILES string of the molecule is CCOC(=O)CCCCN1CCC(CO)C1. The number of nitrogens with zero attached hydrogens (tertiary/aromatic N) is 1. The summed E-state index contributed by atoms with van der Waals surface area (Å²) in [5.41, 5.74) is 0. The number of ether oxygens (including phenoxy) is 1. The van der Waals surface area contributed by atoms with Crippen LogP contribution in [-0.4, -0.2) is 48.8 Å². The molecule has 0 bridgehead atoms. The van der Waals surface area contributed by atoms with Crippen molar-refractivity contribution in [1.29, 1.82) is 0 Å². The lowest BCUT2D eigenvalue weighted by Crippen LogP contribution is -2.22. The molecule has 1 N–H and O–H groups in total. The first-order valence-corrected chi connectivity index (χ1v) is 6.25. The van der Waals surface area contributed by atoms with E-state index in [1.807, 2.05) is 6.92 Å². The van der Waals surface area contributed by atoms with Gasteiger partial charge < -0.3 is 14.7 Å². The summed E-state index contributed by atoms with van der Waals surface area (Å²) < 4.78 is 4.86. The third-order valence-corrected chi connectivity index (χ3v) is 3.04. The Morgan fingerprint density at radius 3 is 2.94 bits per heavy atom. The van der Waals surface area contributed by atoms with Crippen LogP contribution < -0.4 is 0 Å². The van der Waals surface area contributed by atoms with Gasteiger partial charge in [-0.25, -0.2) is 0 Å². The molecule has 1 aliphatic rings. The first-order chi connectivity index (χ1) is 7.76. The maximum absolute atomic E-state index is 11.1. The number of likely N-dealkylation sites (tertiary alicyclic amines) is 1. The largest absolute Gasteiger partial charge is 0.466 e. The Hall–Kier alpha value is -0.610. The highest BCUT2D eigenvalue weighted by Crippen LogP contribution is 2.15. The van der Waals surface area contributed by atoms with E-state index in [4.69, 9.17) is 9.84 Å². The summed E-state index contributed by atoms with van der Waals surface area (Å²) in [6, 6.07) is 0. The van der Waals surface area contributed by atoms with E-state index in [2.05, 4.69) is 4.90 Å². The summed E-state index contributed by atoms with van der Waals surface area (Å²) in [6.07, 6.45) is 3.58. The first-order valence-electron chi connectivity index (χ1n) is 6.25. The monoisotopic (exact) mass is 229 g/mol. The zero-order valence-corrected chi connectivity index (χ0v) is 10.2. The van der Waals surface area contributed by atoms with Crippen molar-refractivity contribution in [2.75, 3.05) is 32.8 Å². The van der Waals surface area contributed by atoms with Gasteiger partial charge >= 0.3 is 5.97 Å². The van der Waals surface area contributed by atoms with Gasteiger partial charge in [0.05, 0.1) is 6.61 Å². The van der Waals surface area contributed by atoms with Crippen molar-refractivity contribution in [3.63, 3.8) is 0 Å². The molecule has 0 saturated carbocycles. The van der Waals surface area contributed by atoms with E-state index in [0.29, 0.717) is 25.6 Å². The smallest absolute Gasteiger partial charge is 0.305 e. The standard InChI is InChI=1S/C12H23NO3/c1-2-16-12(15)5-3-4-7-13-8-6-11(9-13)10-14/h11,14H,2-10H2,1H3. The second-order valence-corrected chi connectivity index (χ2v) is 4.40. The van der Waals surface area contributed by atoms with Crippen LogP contribution in [0.5, 0.6) is 0 Å². The van der Waals surface area contributed by atoms with Crippen LogP contribution in [0.25, 0.3) is 0 Å². The molecule has 0 aromatic rings. The average Bonchev–Trinajstić information content (AvgIpc) is 2.73. The van der Waals surface area contributed by atoms with Crippen molar-refractivity contribution in [1.82, 2.24) is 4.90 Å². The van der Waals surface area contributed by atoms with E-state index in [1.54, 1.807) is 0 Å². The van der Waals surface area contributed by atoms with Crippen molar-refractivity contribution in [3.8, 4) is 0 Å². The van der Waals surface area contributed by atoms with Gasteiger partial charge in [0.1, 0.15) is 0 Å². The Morgan fingerprint density at radius 2 is 2.31 bits per heavy atom. The Bertz CT molecular complexity index is 208. The lowest BCUT2D eigenvalue weighted by molar-refractivity contribution is -0.143. The second-order valence-electron chi connectivity index (χ2n) is 4.40. The molecule has 4 nitrogen and oxygen atoms in total. The van der Waals surface area contributed by atoms with Crippen molar-refractivity contribution in [3.05, 3.63) is 0 Å². The van der Waals surface area contributed by atoms with Crippen LogP contribution in [-0.2, 0) is 9.53 Å². The molecule has 0 amide bonds. The van der Waals surface area contributed by atoms with E-state index in [0.717, 1.165) is 38.9 Å². The van der Waals surface area contributed by atoms with Crippen molar-refractivity contribution < 1.29 is 14.6 Å². The summed E-state index contributed by atoms with van der Waals surface area (Å²) in [4.78, 5) is 13.4. The zero-order chi connectivity index (χ0) is 11.8. The highest BCUT2D eigenvalue weighted by molar-refractivity contribution is 5.69. The van der Waals surface area contributed by atoms with Gasteiger partial charge in [-0.1, -0.05) is 0 Å². The third kappa shape index (κ3) is 4.94. The minimum Gasteiger partial charge on any atom is -0.466 e. The second kappa shape index (κ2) is 7.63. The van der Waals surface area contributed by atoms with E-state index >= 15 is 0 Å². The molecule has 1 heterocycles. The van der Waals surface area contributed by atoms with Crippen LogP contribution in [0.4, 0.5) is 0 Å². The molecule has 16 heavy (non-hydrogen) atoms. The van der Waals surface area contributed by atoms with E-state index < -0.39 is 0 Å². The molecule has 0 aliphatic carbocycles. The fourth-order valence-corrected chi connectivity index (χ4v) is 2.10. The number of esters is 1. The molecule has 1 saturated heterocycles. The number of carbonyl (C=O) groups is 1. The summed E-state index contributed by atoms with van der Waals surface area (Å²) >= 11 is 0. The van der Waals surface area contributed by atoms with Gasteiger partial charge in [0.15, 0.2) is 0 Å².